The number of likely N-dealkylation sites (tertiary alicyclic amines) is 1. The van der Waals surface area contributed by atoms with E-state index in [1.807, 2.05) is 6.07 Å². The second-order valence-corrected chi connectivity index (χ2v) is 15.2. The minimum absolute atomic E-state index is 0. The summed E-state index contributed by atoms with van der Waals surface area (Å²) in [4.78, 5) is 57.9. The number of ether oxygens (including phenoxy) is 1. The molecule has 55 heavy (non-hydrogen) atoms. The van der Waals surface area contributed by atoms with Crippen LogP contribution in [0.25, 0.3) is 21.9 Å². The topological polar surface area (TPSA) is 159 Å². The molecule has 4 fully saturated rings. The number of methoxy groups -OCH3 is 1. The lowest BCUT2D eigenvalue weighted by atomic mass is 9.87. The molecule has 0 spiro atoms. The summed E-state index contributed by atoms with van der Waals surface area (Å²) >= 11 is 0. The molecule has 3 N–H and O–H groups in total. The Kier molecular flexibility index (Phi) is 10.7. The van der Waals surface area contributed by atoms with Gasteiger partial charge in [-0.2, -0.15) is 5.10 Å². The van der Waals surface area contributed by atoms with Crippen molar-refractivity contribution < 1.29 is 22.0 Å². The Bertz CT molecular complexity index is 2250. The third-order valence-corrected chi connectivity index (χ3v) is 11.6. The molecule has 4 aliphatic rings. The zero-order valence-corrected chi connectivity index (χ0v) is 31.3. The maximum Gasteiger partial charge on any atom is 0.328 e. The summed E-state index contributed by atoms with van der Waals surface area (Å²) in [6, 6.07) is 11.1. The smallest absolute Gasteiger partial charge is 0.328 e. The number of fused-ring (bicyclic) bond motifs is 2. The van der Waals surface area contributed by atoms with Crippen LogP contribution in [-0.4, -0.2) is 80.3 Å². The molecule has 0 atom stereocenters. The van der Waals surface area contributed by atoms with Crippen molar-refractivity contribution in [2.75, 3.05) is 43.5 Å². The molecule has 5 aromatic rings. The lowest BCUT2D eigenvalue weighted by Gasteiger charge is -2.34. The van der Waals surface area contributed by atoms with Gasteiger partial charge in [0.2, 0.25) is 5.91 Å². The van der Waals surface area contributed by atoms with Gasteiger partial charge >= 0.3 is 6.03 Å². The largest absolute Gasteiger partial charge is 0.496 e. The number of hydrogen-bond donors (Lipinski definition) is 3. The Morgan fingerprint density at radius 3 is 2.51 bits per heavy atom. The summed E-state index contributed by atoms with van der Waals surface area (Å²) in [5.74, 6) is 0.771. The van der Waals surface area contributed by atoms with Crippen LogP contribution in [0, 0.1) is 5.92 Å². The predicted molar refractivity (Wildman–Crippen MR) is 215 cm³/mol. The van der Waals surface area contributed by atoms with Gasteiger partial charge in [-0.25, -0.2) is 9.78 Å². The van der Waals surface area contributed by atoms with Crippen LogP contribution >= 0.6 is 0 Å². The normalized spacial score (nSPS) is 18.6. The summed E-state index contributed by atoms with van der Waals surface area (Å²) in [7, 11) is 1.50. The van der Waals surface area contributed by atoms with E-state index in [4.69, 9.17) is 4.74 Å². The van der Waals surface area contributed by atoms with Crippen molar-refractivity contribution in [1.82, 2.24) is 34.5 Å². The highest BCUT2D eigenvalue weighted by atomic mass is 16.5. The maximum absolute atomic E-state index is 12.6. The number of nitrogens with zero attached hydrogens (tertiary/aromatic N) is 6. The number of urea groups is 1. The number of aromatic amines is 1. The zero-order chi connectivity index (χ0) is 37.9. The third kappa shape index (κ3) is 8.00. The van der Waals surface area contributed by atoms with Gasteiger partial charge in [0.1, 0.15) is 17.1 Å². The molecular formula is C41H53N9O5. The van der Waals surface area contributed by atoms with E-state index < -0.39 is 0 Å². The number of rotatable bonds is 9. The predicted octanol–water partition coefficient (Wildman–Crippen LogP) is 6.90. The lowest BCUT2D eigenvalue weighted by molar-refractivity contribution is -0.120. The first kappa shape index (κ1) is 36.5. The molecule has 9 rings (SSSR count). The number of benzene rings is 1. The summed E-state index contributed by atoms with van der Waals surface area (Å²) in [6.45, 7) is 3.95. The molecule has 4 amide bonds. The van der Waals surface area contributed by atoms with Crippen LogP contribution in [0.5, 0.6) is 5.75 Å². The number of carbonyl (C=O) groups excluding carboxylic acids is 3. The van der Waals surface area contributed by atoms with E-state index in [1.165, 1.54) is 52.2 Å². The average Bonchev–Trinajstić information content (AvgIpc) is 3.78. The molecule has 0 unspecified atom stereocenters. The van der Waals surface area contributed by atoms with Gasteiger partial charge in [-0.3, -0.25) is 29.7 Å². The van der Waals surface area contributed by atoms with Crippen LogP contribution in [-0.2, 0) is 4.79 Å². The lowest BCUT2D eigenvalue weighted by Crippen LogP contribution is -2.49. The second kappa shape index (κ2) is 16.1. The Morgan fingerprint density at radius 1 is 0.945 bits per heavy atom. The molecule has 0 bridgehead atoms. The van der Waals surface area contributed by atoms with Crippen molar-refractivity contribution in [2.45, 2.75) is 82.7 Å². The number of carbonyl (C=O) groups is 3. The van der Waals surface area contributed by atoms with Crippen molar-refractivity contribution >= 4 is 51.2 Å². The van der Waals surface area contributed by atoms with E-state index >= 15 is 0 Å². The Balaban J connectivity index is 0.000000192. The first-order valence-electron chi connectivity index (χ1n) is 19.7. The van der Waals surface area contributed by atoms with Crippen molar-refractivity contribution in [3.8, 4) is 5.75 Å². The second-order valence-electron chi connectivity index (χ2n) is 15.2. The molecule has 1 aromatic carbocycles. The van der Waals surface area contributed by atoms with Gasteiger partial charge in [0.15, 0.2) is 0 Å². The first-order valence-corrected chi connectivity index (χ1v) is 19.7. The van der Waals surface area contributed by atoms with Crippen LogP contribution in [0.3, 0.4) is 0 Å². The zero-order valence-electron chi connectivity index (χ0n) is 31.3. The van der Waals surface area contributed by atoms with Crippen molar-refractivity contribution in [3.05, 3.63) is 77.1 Å². The summed E-state index contributed by atoms with van der Waals surface area (Å²) < 4.78 is 9.26. The fourth-order valence-corrected chi connectivity index (χ4v) is 8.38. The van der Waals surface area contributed by atoms with Gasteiger partial charge in [-0.1, -0.05) is 32.1 Å². The molecule has 4 aromatic heterocycles. The summed E-state index contributed by atoms with van der Waals surface area (Å²) in [5, 5.41) is 13.7. The molecule has 2 saturated carbocycles. The molecule has 292 valence electrons. The molecule has 2 aliphatic heterocycles. The highest BCUT2D eigenvalue weighted by Gasteiger charge is 2.29. The molecular weight excluding hydrogens is 699 g/mol. The monoisotopic (exact) mass is 751 g/mol. The van der Waals surface area contributed by atoms with E-state index in [-0.39, 0.29) is 38.0 Å². The van der Waals surface area contributed by atoms with Crippen LogP contribution in [0.1, 0.15) is 95.9 Å². The van der Waals surface area contributed by atoms with Gasteiger partial charge in [0, 0.05) is 76.4 Å². The molecule has 14 nitrogen and oxygen atoms in total. The van der Waals surface area contributed by atoms with Crippen LogP contribution in [0.15, 0.2) is 66.0 Å². The van der Waals surface area contributed by atoms with Gasteiger partial charge in [0.25, 0.3) is 11.5 Å². The van der Waals surface area contributed by atoms with Crippen molar-refractivity contribution in [1.29, 1.82) is 0 Å². The highest BCUT2D eigenvalue weighted by molar-refractivity contribution is 6.09. The number of pyridine rings is 2. The van der Waals surface area contributed by atoms with Gasteiger partial charge in [-0.05, 0) is 74.9 Å². The maximum atomic E-state index is 12.6. The van der Waals surface area contributed by atoms with Crippen molar-refractivity contribution in [2.24, 2.45) is 5.92 Å². The van der Waals surface area contributed by atoms with E-state index in [0.29, 0.717) is 30.3 Å². The van der Waals surface area contributed by atoms with Gasteiger partial charge in [0.05, 0.1) is 30.1 Å². The quantitative estimate of drug-likeness (QED) is 0.147. The minimum atomic E-state index is -0.388. The van der Waals surface area contributed by atoms with Crippen LogP contribution in [0.4, 0.5) is 16.2 Å². The third-order valence-electron chi connectivity index (χ3n) is 11.6. The fraction of sp³-hybridized carbons (Fsp3) is 0.463. The van der Waals surface area contributed by atoms with Crippen molar-refractivity contribution in [3.63, 3.8) is 0 Å². The summed E-state index contributed by atoms with van der Waals surface area (Å²) in [5.41, 5.74) is 2.98. The Hall–Kier alpha value is -5.50. The molecule has 14 heteroatoms. The SMILES string of the molecule is COc1cc2[nH]ncc2cc1C(=O)Nc1cccn(C2CC2)c1=O.O=C1CCN(c2ccnc3c2ccn3C2CCN(CCC3CCCCC3)CC2)C(=O)N1.[HH].[HH]. The van der Waals surface area contributed by atoms with E-state index in [2.05, 4.69) is 47.5 Å². The average molecular weight is 752 g/mol. The molecule has 0 radical (unpaired) electrons. The van der Waals surface area contributed by atoms with E-state index in [9.17, 15) is 19.2 Å². The number of piperidine rings is 1. The minimum Gasteiger partial charge on any atom is -0.496 e. The molecule has 6 heterocycles. The van der Waals surface area contributed by atoms with Crippen LogP contribution < -0.4 is 25.8 Å². The summed E-state index contributed by atoms with van der Waals surface area (Å²) in [6.07, 6.45) is 20.4. The molecule has 2 saturated heterocycles. The Morgan fingerprint density at radius 2 is 1.75 bits per heavy atom. The van der Waals surface area contributed by atoms with Gasteiger partial charge < -0.3 is 24.1 Å². The number of amides is 4. The number of hydrogen-bond acceptors (Lipinski definition) is 8. The van der Waals surface area contributed by atoms with E-state index in [0.717, 1.165) is 72.3 Å². The molecule has 2 aliphatic carbocycles. The number of aromatic nitrogens is 5. The van der Waals surface area contributed by atoms with E-state index in [1.54, 1.807) is 52.3 Å². The number of imide groups is 1. The van der Waals surface area contributed by atoms with Gasteiger partial charge in [-0.15, -0.1) is 0 Å². The number of nitrogens with one attached hydrogen (secondary N) is 3. The number of anilines is 2. The fourth-order valence-electron chi connectivity index (χ4n) is 8.38. The highest BCUT2D eigenvalue weighted by Crippen LogP contribution is 2.35. The first-order chi connectivity index (χ1) is 26.9. The Labute approximate surface area is 322 Å². The number of H-pyrrole nitrogens is 1. The standard InChI is InChI=1S/C24H33N5O2.C17H16N4O3.2H2/c30-22-11-17-29(24(31)26-22)21-6-12-25-23-20(21)10-16-28(23)19-8-14-27(15-9-19)13-7-18-4-2-1-3-5-18;1-24-15-8-14-10(9-18-20-14)7-12(15)16(22)19-13-3-2-6-21(17(13)23)11-4-5-11;;/h6,10,12,16,18-19H,1-5,7-9,11,13-15,17H2,(H,26,30,31);2-3,6-9,11H,4-5H2,1H3,(H,18,20)(H,19,22);2*1H. The van der Waals surface area contributed by atoms with Crippen LogP contribution in [0.2, 0.25) is 0 Å².